The predicted octanol–water partition coefficient (Wildman–Crippen LogP) is 2.60. The highest BCUT2D eigenvalue weighted by atomic mass is 35.5. The second-order valence-corrected chi connectivity index (χ2v) is 7.57. The van der Waals surface area contributed by atoms with E-state index in [4.69, 9.17) is 10.5 Å². The molecule has 0 aromatic heterocycles. The number of hydrogen-bond acceptors (Lipinski definition) is 4. The second-order valence-electron chi connectivity index (χ2n) is 7.57. The minimum atomic E-state index is 0. The molecule has 0 spiro atoms. The second kappa shape index (κ2) is 10.7. The van der Waals surface area contributed by atoms with Crippen molar-refractivity contribution in [1.29, 1.82) is 0 Å². The number of nitrogens with one attached hydrogen (secondary N) is 1. The Morgan fingerprint density at radius 2 is 1.82 bits per heavy atom. The molecule has 2 fully saturated rings. The molecule has 1 aliphatic carbocycles. The average molecular weight is 410 g/mol. The van der Waals surface area contributed by atoms with E-state index in [2.05, 4.69) is 5.32 Å². The standard InChI is InChI=1S/C21H31N3O3.ClH/c1-2-27-18-8-6-15(7-9-18)21(26)24-12-10-17(11-13-24)23-20(25)19-5-3-4-16(19)14-22;/h6-9,16-17,19H,2-5,10-14,22H2,1H3,(H,23,25);1H/t16-,19-;/m1./s1. The van der Waals surface area contributed by atoms with E-state index >= 15 is 0 Å². The molecule has 0 radical (unpaired) electrons. The Morgan fingerprint density at radius 1 is 1.14 bits per heavy atom. The molecule has 1 heterocycles. The molecule has 156 valence electrons. The molecule has 1 saturated heterocycles. The fourth-order valence-corrected chi connectivity index (χ4v) is 4.24. The van der Waals surface area contributed by atoms with Crippen molar-refractivity contribution in [3.05, 3.63) is 29.8 Å². The van der Waals surface area contributed by atoms with E-state index in [0.29, 0.717) is 37.7 Å². The highest BCUT2D eigenvalue weighted by molar-refractivity contribution is 5.94. The van der Waals surface area contributed by atoms with Crippen molar-refractivity contribution in [3.8, 4) is 5.75 Å². The van der Waals surface area contributed by atoms with Gasteiger partial charge in [0.25, 0.3) is 5.91 Å². The van der Waals surface area contributed by atoms with E-state index in [0.717, 1.165) is 37.9 Å². The summed E-state index contributed by atoms with van der Waals surface area (Å²) in [4.78, 5) is 27.1. The van der Waals surface area contributed by atoms with Crippen LogP contribution in [0.3, 0.4) is 0 Å². The van der Waals surface area contributed by atoms with Gasteiger partial charge in [-0.15, -0.1) is 12.4 Å². The van der Waals surface area contributed by atoms with Crippen LogP contribution in [0.4, 0.5) is 0 Å². The molecule has 2 amide bonds. The highest BCUT2D eigenvalue weighted by Crippen LogP contribution is 2.31. The lowest BCUT2D eigenvalue weighted by molar-refractivity contribution is -0.126. The van der Waals surface area contributed by atoms with Crippen LogP contribution in [0, 0.1) is 11.8 Å². The molecule has 3 N–H and O–H groups in total. The maximum Gasteiger partial charge on any atom is 0.253 e. The van der Waals surface area contributed by atoms with Crippen LogP contribution in [0.1, 0.15) is 49.4 Å². The van der Waals surface area contributed by atoms with Gasteiger partial charge >= 0.3 is 0 Å². The maximum absolute atomic E-state index is 12.7. The molecule has 1 aromatic carbocycles. The van der Waals surface area contributed by atoms with Crippen LogP contribution in [0.5, 0.6) is 5.75 Å². The summed E-state index contributed by atoms with van der Waals surface area (Å²) in [6, 6.07) is 7.45. The van der Waals surface area contributed by atoms with Crippen molar-refractivity contribution in [3.63, 3.8) is 0 Å². The minimum absolute atomic E-state index is 0. The number of piperidine rings is 1. The average Bonchev–Trinajstić information content (AvgIpc) is 3.18. The smallest absolute Gasteiger partial charge is 0.253 e. The summed E-state index contributed by atoms with van der Waals surface area (Å²) in [6.45, 7) is 4.47. The van der Waals surface area contributed by atoms with E-state index < -0.39 is 0 Å². The van der Waals surface area contributed by atoms with Crippen LogP contribution in [0.25, 0.3) is 0 Å². The Kier molecular flexibility index (Phi) is 8.58. The number of halogens is 1. The zero-order valence-corrected chi connectivity index (χ0v) is 17.4. The van der Waals surface area contributed by atoms with Gasteiger partial charge in [-0.3, -0.25) is 9.59 Å². The lowest BCUT2D eigenvalue weighted by atomic mass is 9.94. The molecule has 6 nitrogen and oxygen atoms in total. The van der Waals surface area contributed by atoms with Crippen LogP contribution in [-0.4, -0.2) is 49.0 Å². The van der Waals surface area contributed by atoms with Crippen LogP contribution < -0.4 is 15.8 Å². The van der Waals surface area contributed by atoms with Gasteiger partial charge < -0.3 is 20.7 Å². The van der Waals surface area contributed by atoms with Crippen molar-refractivity contribution < 1.29 is 14.3 Å². The van der Waals surface area contributed by atoms with E-state index in [-0.39, 0.29) is 36.2 Å². The van der Waals surface area contributed by atoms with Crippen molar-refractivity contribution in [2.45, 2.75) is 45.1 Å². The van der Waals surface area contributed by atoms with Gasteiger partial charge in [0.2, 0.25) is 5.91 Å². The number of ether oxygens (including phenoxy) is 1. The SMILES string of the molecule is CCOc1ccc(C(=O)N2CCC(NC(=O)[C@@H]3CCC[C@@H]3CN)CC2)cc1.Cl. The third kappa shape index (κ3) is 5.39. The van der Waals surface area contributed by atoms with Gasteiger partial charge in [0.1, 0.15) is 5.75 Å². The molecule has 1 aliphatic heterocycles. The van der Waals surface area contributed by atoms with Gasteiger partial charge in [-0.2, -0.15) is 0 Å². The summed E-state index contributed by atoms with van der Waals surface area (Å²) < 4.78 is 5.42. The van der Waals surface area contributed by atoms with Gasteiger partial charge in [-0.1, -0.05) is 6.42 Å². The van der Waals surface area contributed by atoms with Gasteiger partial charge in [0.05, 0.1) is 6.61 Å². The minimum Gasteiger partial charge on any atom is -0.494 e. The Morgan fingerprint density at radius 3 is 2.43 bits per heavy atom. The van der Waals surface area contributed by atoms with Crippen LogP contribution in [0.2, 0.25) is 0 Å². The Labute approximate surface area is 173 Å². The lowest BCUT2D eigenvalue weighted by Gasteiger charge is -2.33. The number of amides is 2. The van der Waals surface area contributed by atoms with Crippen molar-refractivity contribution in [1.82, 2.24) is 10.2 Å². The van der Waals surface area contributed by atoms with Crippen LogP contribution >= 0.6 is 12.4 Å². The van der Waals surface area contributed by atoms with Crippen molar-refractivity contribution >= 4 is 24.2 Å². The molecule has 1 aromatic rings. The van der Waals surface area contributed by atoms with Gasteiger partial charge in [0.15, 0.2) is 0 Å². The lowest BCUT2D eigenvalue weighted by Crippen LogP contribution is -2.48. The number of carbonyl (C=O) groups is 2. The number of benzene rings is 1. The van der Waals surface area contributed by atoms with Crippen molar-refractivity contribution in [2.24, 2.45) is 17.6 Å². The third-order valence-electron chi connectivity index (χ3n) is 5.84. The number of hydrogen-bond donors (Lipinski definition) is 2. The summed E-state index contributed by atoms with van der Waals surface area (Å²) >= 11 is 0. The number of nitrogens with zero attached hydrogens (tertiary/aromatic N) is 1. The summed E-state index contributed by atoms with van der Waals surface area (Å²) in [5.41, 5.74) is 6.47. The molecule has 2 atom stereocenters. The topological polar surface area (TPSA) is 84.7 Å². The fourth-order valence-electron chi connectivity index (χ4n) is 4.24. The number of nitrogens with two attached hydrogens (primary N) is 1. The van der Waals surface area contributed by atoms with Crippen LogP contribution in [-0.2, 0) is 4.79 Å². The first kappa shape index (κ1) is 22.5. The summed E-state index contributed by atoms with van der Waals surface area (Å²) in [5.74, 6) is 1.36. The number of carbonyl (C=O) groups excluding carboxylic acids is 2. The zero-order valence-electron chi connectivity index (χ0n) is 16.6. The molecule has 1 saturated carbocycles. The molecule has 2 aliphatic rings. The largest absolute Gasteiger partial charge is 0.494 e. The summed E-state index contributed by atoms with van der Waals surface area (Å²) in [6.07, 6.45) is 4.70. The first-order chi connectivity index (χ1) is 13.1. The first-order valence-corrected chi connectivity index (χ1v) is 10.1. The normalized spacial score (nSPS) is 22.4. The highest BCUT2D eigenvalue weighted by Gasteiger charge is 2.33. The Hall–Kier alpha value is -1.79. The monoisotopic (exact) mass is 409 g/mol. The number of rotatable bonds is 6. The predicted molar refractivity (Wildman–Crippen MR) is 112 cm³/mol. The molecule has 28 heavy (non-hydrogen) atoms. The molecule has 0 unspecified atom stereocenters. The Bertz CT molecular complexity index is 645. The van der Waals surface area contributed by atoms with E-state index in [1.54, 1.807) is 0 Å². The van der Waals surface area contributed by atoms with E-state index in [9.17, 15) is 9.59 Å². The molecule has 0 bridgehead atoms. The van der Waals surface area contributed by atoms with Gasteiger partial charge in [-0.25, -0.2) is 0 Å². The quantitative estimate of drug-likeness (QED) is 0.756. The Balaban J connectivity index is 0.00000280. The fraction of sp³-hybridized carbons (Fsp3) is 0.619. The number of likely N-dealkylation sites (tertiary alicyclic amines) is 1. The molecular weight excluding hydrogens is 378 g/mol. The zero-order chi connectivity index (χ0) is 19.2. The molecule has 7 heteroatoms. The van der Waals surface area contributed by atoms with E-state index in [1.807, 2.05) is 36.1 Å². The van der Waals surface area contributed by atoms with Crippen molar-refractivity contribution in [2.75, 3.05) is 26.2 Å². The first-order valence-electron chi connectivity index (χ1n) is 10.1. The summed E-state index contributed by atoms with van der Waals surface area (Å²) in [7, 11) is 0. The molecule has 3 rings (SSSR count). The molecular formula is C21H32ClN3O3. The maximum atomic E-state index is 12.7. The summed E-state index contributed by atoms with van der Waals surface area (Å²) in [5, 5.41) is 3.20. The van der Waals surface area contributed by atoms with Gasteiger partial charge in [-0.05, 0) is 69.3 Å². The van der Waals surface area contributed by atoms with Crippen LogP contribution in [0.15, 0.2) is 24.3 Å². The third-order valence-corrected chi connectivity index (χ3v) is 5.84. The van der Waals surface area contributed by atoms with Gasteiger partial charge in [0, 0.05) is 30.6 Å². The van der Waals surface area contributed by atoms with E-state index in [1.165, 1.54) is 0 Å².